The van der Waals surface area contributed by atoms with Crippen molar-refractivity contribution in [3.05, 3.63) is 41.8 Å². The van der Waals surface area contributed by atoms with Gasteiger partial charge < -0.3 is 10.3 Å². The van der Waals surface area contributed by atoms with Crippen molar-refractivity contribution in [1.82, 2.24) is 10.1 Å². The molecule has 0 atom stereocenters. The zero-order valence-corrected chi connectivity index (χ0v) is 11.1. The molecule has 1 heterocycles. The SMILES string of the molecule is NC1(c2nc(CSc3ccccc3F)no2)CCC1. The van der Waals surface area contributed by atoms with Crippen molar-refractivity contribution in [2.24, 2.45) is 5.73 Å². The molecule has 1 aliphatic carbocycles. The fourth-order valence-electron chi connectivity index (χ4n) is 1.99. The minimum absolute atomic E-state index is 0.231. The predicted octanol–water partition coefficient (Wildman–Crippen LogP) is 2.84. The lowest BCUT2D eigenvalue weighted by atomic mass is 9.78. The normalized spacial score (nSPS) is 17.2. The Morgan fingerprint density at radius 1 is 1.37 bits per heavy atom. The van der Waals surface area contributed by atoms with Gasteiger partial charge in [-0.1, -0.05) is 17.3 Å². The van der Waals surface area contributed by atoms with Crippen molar-refractivity contribution in [2.45, 2.75) is 35.4 Å². The average Bonchev–Trinajstić information content (AvgIpc) is 2.84. The number of hydrogen-bond acceptors (Lipinski definition) is 5. The molecule has 1 aromatic heterocycles. The zero-order valence-electron chi connectivity index (χ0n) is 10.3. The molecule has 0 saturated heterocycles. The van der Waals surface area contributed by atoms with E-state index in [9.17, 15) is 4.39 Å². The number of benzene rings is 1. The van der Waals surface area contributed by atoms with E-state index in [-0.39, 0.29) is 5.82 Å². The quantitative estimate of drug-likeness (QED) is 0.872. The molecule has 0 aliphatic heterocycles. The van der Waals surface area contributed by atoms with Crippen LogP contribution in [0.4, 0.5) is 4.39 Å². The van der Waals surface area contributed by atoms with Crippen LogP contribution in [0.3, 0.4) is 0 Å². The first-order chi connectivity index (χ1) is 9.17. The van der Waals surface area contributed by atoms with Gasteiger partial charge in [-0.2, -0.15) is 4.98 Å². The molecule has 6 heteroatoms. The number of hydrogen-bond donors (Lipinski definition) is 1. The van der Waals surface area contributed by atoms with E-state index in [1.165, 1.54) is 17.8 Å². The Balaban J connectivity index is 1.66. The Morgan fingerprint density at radius 3 is 2.84 bits per heavy atom. The molecule has 0 unspecified atom stereocenters. The Labute approximate surface area is 114 Å². The van der Waals surface area contributed by atoms with Gasteiger partial charge in [-0.05, 0) is 31.4 Å². The summed E-state index contributed by atoms with van der Waals surface area (Å²) in [7, 11) is 0. The molecule has 2 aromatic rings. The van der Waals surface area contributed by atoms with Crippen molar-refractivity contribution in [2.75, 3.05) is 0 Å². The summed E-state index contributed by atoms with van der Waals surface area (Å²) < 4.78 is 18.6. The topological polar surface area (TPSA) is 64.9 Å². The highest BCUT2D eigenvalue weighted by Gasteiger charge is 2.39. The second kappa shape index (κ2) is 4.94. The third-order valence-electron chi connectivity index (χ3n) is 3.33. The second-order valence-electron chi connectivity index (χ2n) is 4.74. The molecule has 0 spiro atoms. The summed E-state index contributed by atoms with van der Waals surface area (Å²) in [5.41, 5.74) is 5.67. The van der Waals surface area contributed by atoms with Gasteiger partial charge in [0.15, 0.2) is 5.82 Å². The molecule has 0 bridgehead atoms. The highest BCUT2D eigenvalue weighted by molar-refractivity contribution is 7.98. The second-order valence-corrected chi connectivity index (χ2v) is 5.76. The van der Waals surface area contributed by atoms with Crippen LogP contribution in [0.15, 0.2) is 33.7 Å². The van der Waals surface area contributed by atoms with Gasteiger partial charge >= 0.3 is 0 Å². The number of aromatic nitrogens is 2. The lowest BCUT2D eigenvalue weighted by molar-refractivity contribution is 0.181. The van der Waals surface area contributed by atoms with Crippen molar-refractivity contribution in [3.8, 4) is 0 Å². The maximum Gasteiger partial charge on any atom is 0.246 e. The smallest absolute Gasteiger partial charge is 0.246 e. The fraction of sp³-hybridized carbons (Fsp3) is 0.385. The van der Waals surface area contributed by atoms with Gasteiger partial charge in [-0.25, -0.2) is 4.39 Å². The van der Waals surface area contributed by atoms with Crippen molar-refractivity contribution in [1.29, 1.82) is 0 Å². The maximum absolute atomic E-state index is 13.4. The monoisotopic (exact) mass is 279 g/mol. The van der Waals surface area contributed by atoms with E-state index < -0.39 is 5.54 Å². The highest BCUT2D eigenvalue weighted by Crippen LogP contribution is 2.37. The first-order valence-corrected chi connectivity index (χ1v) is 7.15. The van der Waals surface area contributed by atoms with Crippen molar-refractivity contribution < 1.29 is 8.91 Å². The standard InChI is InChI=1S/C13H14FN3OS/c14-9-4-1-2-5-10(9)19-8-11-16-12(18-17-11)13(15)6-3-7-13/h1-2,4-5H,3,6-8,15H2. The minimum Gasteiger partial charge on any atom is -0.337 e. The van der Waals surface area contributed by atoms with Crippen LogP contribution >= 0.6 is 11.8 Å². The van der Waals surface area contributed by atoms with E-state index in [1.54, 1.807) is 18.2 Å². The van der Waals surface area contributed by atoms with Crippen LogP contribution < -0.4 is 5.73 Å². The minimum atomic E-state index is -0.437. The Morgan fingerprint density at radius 2 is 2.16 bits per heavy atom. The third kappa shape index (κ3) is 2.50. The lowest BCUT2D eigenvalue weighted by Crippen LogP contribution is -2.43. The molecular formula is C13H14FN3OS. The van der Waals surface area contributed by atoms with Gasteiger partial charge in [0, 0.05) is 4.90 Å². The van der Waals surface area contributed by atoms with Gasteiger partial charge in [-0.3, -0.25) is 0 Å². The number of halogens is 1. The van der Waals surface area contributed by atoms with E-state index >= 15 is 0 Å². The summed E-state index contributed by atoms with van der Waals surface area (Å²) in [5.74, 6) is 1.30. The highest BCUT2D eigenvalue weighted by atomic mass is 32.2. The maximum atomic E-state index is 13.4. The summed E-state index contributed by atoms with van der Waals surface area (Å²) in [4.78, 5) is 4.89. The Bertz CT molecular complexity index is 583. The Hall–Kier alpha value is -1.40. The van der Waals surface area contributed by atoms with Crippen LogP contribution in [0.25, 0.3) is 0 Å². The summed E-state index contributed by atoms with van der Waals surface area (Å²) in [6, 6.07) is 6.64. The zero-order chi connectivity index (χ0) is 13.3. The van der Waals surface area contributed by atoms with Gasteiger partial charge in [0.05, 0.1) is 11.3 Å². The van der Waals surface area contributed by atoms with Crippen molar-refractivity contribution >= 4 is 11.8 Å². The molecule has 2 N–H and O–H groups in total. The van der Waals surface area contributed by atoms with Gasteiger partial charge in [0.2, 0.25) is 5.89 Å². The molecule has 4 nitrogen and oxygen atoms in total. The van der Waals surface area contributed by atoms with E-state index in [0.717, 1.165) is 19.3 Å². The Kier molecular flexibility index (Phi) is 3.28. The third-order valence-corrected chi connectivity index (χ3v) is 4.38. The van der Waals surface area contributed by atoms with E-state index in [2.05, 4.69) is 10.1 Å². The van der Waals surface area contributed by atoms with Gasteiger partial charge in [0.25, 0.3) is 0 Å². The summed E-state index contributed by atoms with van der Waals surface area (Å²) >= 11 is 1.35. The molecule has 3 rings (SSSR count). The lowest BCUT2D eigenvalue weighted by Gasteiger charge is -2.33. The van der Waals surface area contributed by atoms with Crippen LogP contribution in [0, 0.1) is 5.82 Å². The van der Waals surface area contributed by atoms with Crippen LogP contribution in [-0.4, -0.2) is 10.1 Å². The summed E-state index contributed by atoms with van der Waals surface area (Å²) in [6.07, 6.45) is 2.86. The van der Waals surface area contributed by atoms with E-state index in [1.807, 2.05) is 0 Å². The summed E-state index contributed by atoms with van der Waals surface area (Å²) in [6.45, 7) is 0. The van der Waals surface area contributed by atoms with Gasteiger partial charge in [0.1, 0.15) is 5.82 Å². The van der Waals surface area contributed by atoms with Crippen LogP contribution in [-0.2, 0) is 11.3 Å². The first-order valence-electron chi connectivity index (χ1n) is 6.17. The largest absolute Gasteiger partial charge is 0.337 e. The number of nitrogens with two attached hydrogens (primary N) is 1. The molecular weight excluding hydrogens is 265 g/mol. The number of thioether (sulfide) groups is 1. The molecule has 1 fully saturated rings. The molecule has 19 heavy (non-hydrogen) atoms. The van der Waals surface area contributed by atoms with Crippen LogP contribution in [0.2, 0.25) is 0 Å². The van der Waals surface area contributed by atoms with Gasteiger partial charge in [-0.15, -0.1) is 11.8 Å². The summed E-state index contributed by atoms with van der Waals surface area (Å²) in [5, 5.41) is 3.90. The predicted molar refractivity (Wildman–Crippen MR) is 70.0 cm³/mol. The molecule has 1 aliphatic rings. The van der Waals surface area contributed by atoms with Crippen LogP contribution in [0.1, 0.15) is 31.0 Å². The molecule has 0 radical (unpaired) electrons. The molecule has 1 aromatic carbocycles. The molecule has 1 saturated carbocycles. The first kappa shape index (κ1) is 12.6. The number of rotatable bonds is 4. The fourth-order valence-corrected chi connectivity index (χ4v) is 2.77. The van der Waals surface area contributed by atoms with Crippen molar-refractivity contribution in [3.63, 3.8) is 0 Å². The van der Waals surface area contributed by atoms with E-state index in [0.29, 0.717) is 22.4 Å². The molecule has 0 amide bonds. The van der Waals surface area contributed by atoms with Crippen LogP contribution in [0.5, 0.6) is 0 Å². The molecule has 100 valence electrons. The van der Waals surface area contributed by atoms with E-state index in [4.69, 9.17) is 10.3 Å². The average molecular weight is 279 g/mol. The number of nitrogens with zero attached hydrogens (tertiary/aromatic N) is 2.